The van der Waals surface area contributed by atoms with Crippen molar-refractivity contribution in [1.82, 2.24) is 0 Å². The highest BCUT2D eigenvalue weighted by molar-refractivity contribution is 5.68. The maximum Gasteiger partial charge on any atom is 0.304 e. The molecule has 1 aromatic rings. The van der Waals surface area contributed by atoms with Crippen LogP contribution >= 0.6 is 0 Å². The Balaban J connectivity index is 3.09. The summed E-state index contributed by atoms with van der Waals surface area (Å²) in [5, 5.41) is 8.67. The molecule has 1 rings (SSSR count). The van der Waals surface area contributed by atoms with Crippen LogP contribution < -0.4 is 5.73 Å². The van der Waals surface area contributed by atoms with Gasteiger partial charge in [0.2, 0.25) is 0 Å². The molecule has 0 bridgehead atoms. The lowest BCUT2D eigenvalue weighted by Crippen LogP contribution is -2.17. The van der Waals surface area contributed by atoms with Crippen LogP contribution in [-0.4, -0.2) is 17.6 Å². The lowest BCUT2D eigenvalue weighted by atomic mass is 9.92. The number of hydrogen-bond acceptors (Lipinski definition) is 2. The quantitative estimate of drug-likeness (QED) is 0.827. The smallest absolute Gasteiger partial charge is 0.304 e. The molecule has 3 N–H and O–H groups in total. The first kappa shape index (κ1) is 12.6. The molecule has 0 aliphatic rings. The van der Waals surface area contributed by atoms with Crippen LogP contribution in [0.3, 0.4) is 0 Å². The molecule has 1 unspecified atom stereocenters. The van der Waals surface area contributed by atoms with E-state index >= 15 is 0 Å². The van der Waals surface area contributed by atoms with Gasteiger partial charge in [0.15, 0.2) is 11.6 Å². The van der Waals surface area contributed by atoms with E-state index in [2.05, 4.69) is 0 Å². The molecule has 16 heavy (non-hydrogen) atoms. The number of carboxylic acid groups (broad SMARTS) is 1. The van der Waals surface area contributed by atoms with Crippen molar-refractivity contribution in [3.63, 3.8) is 0 Å². The Morgan fingerprint density at radius 2 is 2.00 bits per heavy atom. The zero-order valence-electron chi connectivity index (χ0n) is 8.84. The number of halogens is 2. The third-order valence-corrected chi connectivity index (χ3v) is 2.45. The normalized spacial score (nSPS) is 12.5. The fourth-order valence-electron chi connectivity index (χ4n) is 1.63. The number of benzene rings is 1. The molecular weight excluding hydrogens is 216 g/mol. The molecule has 0 amide bonds. The van der Waals surface area contributed by atoms with Crippen molar-refractivity contribution < 1.29 is 18.7 Å². The SMILES string of the molecule is Cc1cc(F)c(F)cc1C(CN)CC(=O)O. The van der Waals surface area contributed by atoms with Crippen LogP contribution in [0.2, 0.25) is 0 Å². The van der Waals surface area contributed by atoms with E-state index in [1.165, 1.54) is 0 Å². The van der Waals surface area contributed by atoms with Crippen LogP contribution in [0.1, 0.15) is 23.5 Å². The van der Waals surface area contributed by atoms with Crippen molar-refractivity contribution in [3.8, 4) is 0 Å². The standard InChI is InChI=1S/C11H13F2NO2/c1-6-2-9(12)10(13)4-8(6)7(5-14)3-11(15)16/h2,4,7H,3,5,14H2,1H3,(H,15,16). The molecule has 1 aromatic carbocycles. The Morgan fingerprint density at radius 3 is 2.50 bits per heavy atom. The molecule has 0 aromatic heterocycles. The molecule has 0 radical (unpaired) electrons. The highest BCUT2D eigenvalue weighted by atomic mass is 19.2. The number of hydrogen-bond donors (Lipinski definition) is 2. The van der Waals surface area contributed by atoms with Crippen LogP contribution in [-0.2, 0) is 4.79 Å². The predicted molar refractivity (Wildman–Crippen MR) is 55.1 cm³/mol. The molecule has 0 saturated heterocycles. The molecule has 0 fully saturated rings. The molecule has 0 saturated carbocycles. The van der Waals surface area contributed by atoms with E-state index in [0.29, 0.717) is 11.1 Å². The second-order valence-electron chi connectivity index (χ2n) is 3.65. The van der Waals surface area contributed by atoms with Crippen molar-refractivity contribution in [2.24, 2.45) is 5.73 Å². The van der Waals surface area contributed by atoms with E-state index in [1.807, 2.05) is 0 Å². The van der Waals surface area contributed by atoms with Gasteiger partial charge >= 0.3 is 5.97 Å². The van der Waals surface area contributed by atoms with Crippen LogP contribution in [0.15, 0.2) is 12.1 Å². The summed E-state index contributed by atoms with van der Waals surface area (Å²) >= 11 is 0. The minimum absolute atomic E-state index is 0.0816. The molecule has 3 nitrogen and oxygen atoms in total. The molecule has 1 atom stereocenters. The van der Waals surface area contributed by atoms with E-state index in [4.69, 9.17) is 10.8 Å². The van der Waals surface area contributed by atoms with E-state index in [-0.39, 0.29) is 13.0 Å². The fourth-order valence-corrected chi connectivity index (χ4v) is 1.63. The monoisotopic (exact) mass is 229 g/mol. The lowest BCUT2D eigenvalue weighted by Gasteiger charge is -2.15. The summed E-state index contributed by atoms with van der Waals surface area (Å²) in [5.74, 6) is -3.43. The minimum atomic E-state index is -1.01. The Hall–Kier alpha value is -1.49. The summed E-state index contributed by atoms with van der Waals surface area (Å²) in [7, 11) is 0. The second-order valence-corrected chi connectivity index (χ2v) is 3.65. The first-order chi connectivity index (χ1) is 7.45. The highest BCUT2D eigenvalue weighted by Crippen LogP contribution is 2.24. The van der Waals surface area contributed by atoms with E-state index in [9.17, 15) is 13.6 Å². The van der Waals surface area contributed by atoms with E-state index in [0.717, 1.165) is 12.1 Å². The fraction of sp³-hybridized carbons (Fsp3) is 0.364. The summed E-state index contributed by atoms with van der Waals surface area (Å²) in [5.41, 5.74) is 6.39. The van der Waals surface area contributed by atoms with Crippen molar-refractivity contribution in [3.05, 3.63) is 34.9 Å². The van der Waals surface area contributed by atoms with Gasteiger partial charge in [-0.1, -0.05) is 0 Å². The maximum atomic E-state index is 13.0. The van der Waals surface area contributed by atoms with Gasteiger partial charge in [-0.15, -0.1) is 0 Å². The molecule has 0 spiro atoms. The molecule has 88 valence electrons. The first-order valence-corrected chi connectivity index (χ1v) is 4.83. The Kier molecular flexibility index (Phi) is 3.95. The molecule has 0 aliphatic carbocycles. The van der Waals surface area contributed by atoms with Crippen molar-refractivity contribution >= 4 is 5.97 Å². The lowest BCUT2D eigenvalue weighted by molar-refractivity contribution is -0.137. The topological polar surface area (TPSA) is 63.3 Å². The van der Waals surface area contributed by atoms with Gasteiger partial charge < -0.3 is 10.8 Å². The van der Waals surface area contributed by atoms with E-state index in [1.54, 1.807) is 6.92 Å². The zero-order valence-corrected chi connectivity index (χ0v) is 8.84. The second kappa shape index (κ2) is 5.03. The largest absolute Gasteiger partial charge is 0.481 e. The average Bonchev–Trinajstić information content (AvgIpc) is 2.20. The number of rotatable bonds is 4. The number of nitrogens with two attached hydrogens (primary N) is 1. The molecule has 0 heterocycles. The van der Waals surface area contributed by atoms with Gasteiger partial charge in [-0.25, -0.2) is 8.78 Å². The molecule has 0 aliphatic heterocycles. The van der Waals surface area contributed by atoms with E-state index < -0.39 is 23.5 Å². The van der Waals surface area contributed by atoms with Crippen LogP contribution in [0, 0.1) is 18.6 Å². The number of carbonyl (C=O) groups is 1. The summed E-state index contributed by atoms with van der Waals surface area (Å²) in [6.45, 7) is 1.68. The van der Waals surface area contributed by atoms with Gasteiger partial charge in [-0.05, 0) is 36.7 Å². The van der Waals surface area contributed by atoms with Gasteiger partial charge in [-0.2, -0.15) is 0 Å². The predicted octanol–water partition coefficient (Wildman–Crippen LogP) is 1.79. The first-order valence-electron chi connectivity index (χ1n) is 4.83. The number of aryl methyl sites for hydroxylation is 1. The van der Waals surface area contributed by atoms with Gasteiger partial charge in [0.05, 0.1) is 6.42 Å². The molecule has 5 heteroatoms. The third-order valence-electron chi connectivity index (χ3n) is 2.45. The average molecular weight is 229 g/mol. The summed E-state index contributed by atoms with van der Waals surface area (Å²) in [4.78, 5) is 10.6. The summed E-state index contributed by atoms with van der Waals surface area (Å²) < 4.78 is 25.9. The third kappa shape index (κ3) is 2.76. The van der Waals surface area contributed by atoms with Crippen molar-refractivity contribution in [1.29, 1.82) is 0 Å². The summed E-state index contributed by atoms with van der Waals surface area (Å²) in [6, 6.07) is 2.07. The zero-order chi connectivity index (χ0) is 12.3. The Bertz CT molecular complexity index is 407. The van der Waals surface area contributed by atoms with Gasteiger partial charge in [-0.3, -0.25) is 4.79 Å². The maximum absolute atomic E-state index is 13.0. The van der Waals surface area contributed by atoms with Gasteiger partial charge in [0.25, 0.3) is 0 Å². The van der Waals surface area contributed by atoms with Crippen LogP contribution in [0.5, 0.6) is 0 Å². The Morgan fingerprint density at radius 1 is 1.44 bits per heavy atom. The van der Waals surface area contributed by atoms with Crippen LogP contribution in [0.25, 0.3) is 0 Å². The minimum Gasteiger partial charge on any atom is -0.481 e. The number of carboxylic acids is 1. The van der Waals surface area contributed by atoms with Crippen molar-refractivity contribution in [2.45, 2.75) is 19.3 Å². The van der Waals surface area contributed by atoms with Gasteiger partial charge in [0.1, 0.15) is 0 Å². The highest BCUT2D eigenvalue weighted by Gasteiger charge is 2.18. The van der Waals surface area contributed by atoms with Crippen LogP contribution in [0.4, 0.5) is 8.78 Å². The number of aliphatic carboxylic acids is 1. The Labute approximate surface area is 91.9 Å². The summed E-state index contributed by atoms with van der Waals surface area (Å²) in [6.07, 6.45) is -0.192. The van der Waals surface area contributed by atoms with Crippen molar-refractivity contribution in [2.75, 3.05) is 6.54 Å². The molecular formula is C11H13F2NO2. The van der Waals surface area contributed by atoms with Gasteiger partial charge in [0, 0.05) is 5.92 Å².